The summed E-state index contributed by atoms with van der Waals surface area (Å²) in [7, 11) is 0. The van der Waals surface area contributed by atoms with Crippen LogP contribution in [0.4, 0.5) is 17.6 Å². The van der Waals surface area contributed by atoms with Crippen molar-refractivity contribution < 1.29 is 27.2 Å². The number of alkyl halides is 4. The summed E-state index contributed by atoms with van der Waals surface area (Å²) in [5.41, 5.74) is 0.704. The van der Waals surface area contributed by atoms with Crippen molar-refractivity contribution in [1.29, 1.82) is 0 Å². The Labute approximate surface area is 124 Å². The molecule has 2 nitrogen and oxygen atoms in total. The second-order valence-corrected chi connectivity index (χ2v) is 4.17. The van der Waals surface area contributed by atoms with Gasteiger partial charge in [0, 0.05) is 22.3 Å². The third kappa shape index (κ3) is 5.47. The third-order valence-electron chi connectivity index (χ3n) is 2.65. The van der Waals surface area contributed by atoms with Crippen LogP contribution in [0, 0.1) is 0 Å². The molecule has 0 amide bonds. The zero-order valence-corrected chi connectivity index (χ0v) is 11.3. The zero-order chi connectivity index (χ0) is 16.5. The Morgan fingerprint density at radius 3 is 1.05 bits per heavy atom. The Balaban J connectivity index is 0.000000224. The van der Waals surface area contributed by atoms with Crippen LogP contribution in [0.25, 0.3) is 0 Å². The second kappa shape index (κ2) is 8.71. The lowest BCUT2D eigenvalue weighted by Gasteiger charge is -2.01. The van der Waals surface area contributed by atoms with Gasteiger partial charge in [-0.25, -0.2) is 17.6 Å². The Morgan fingerprint density at radius 2 is 0.864 bits per heavy atom. The van der Waals surface area contributed by atoms with E-state index in [1.54, 1.807) is 24.3 Å². The van der Waals surface area contributed by atoms with Gasteiger partial charge >= 0.3 is 0 Å². The van der Waals surface area contributed by atoms with Crippen LogP contribution in [-0.2, 0) is 0 Å². The summed E-state index contributed by atoms with van der Waals surface area (Å²) in [4.78, 5) is 20.2. The van der Waals surface area contributed by atoms with Crippen molar-refractivity contribution in [3.63, 3.8) is 0 Å². The number of rotatable bonds is 4. The minimum absolute atomic E-state index is 0.237. The minimum atomic E-state index is -2.60. The molecule has 0 fully saturated rings. The third-order valence-corrected chi connectivity index (χ3v) is 2.65. The smallest absolute Gasteiger partial charge is 0.263 e. The first-order valence-corrected chi connectivity index (χ1v) is 6.14. The first-order chi connectivity index (χ1) is 10.5. The summed E-state index contributed by atoms with van der Waals surface area (Å²) in [6, 6.07) is 10.5. The minimum Gasteiger partial charge on any atom is -0.298 e. The summed E-state index contributed by atoms with van der Waals surface area (Å²) >= 11 is 0. The van der Waals surface area contributed by atoms with Crippen molar-refractivity contribution in [1.82, 2.24) is 0 Å². The van der Waals surface area contributed by atoms with Crippen LogP contribution in [0.1, 0.15) is 44.7 Å². The SMILES string of the molecule is FC(F)c1ccc(C(F)F)cc1.O=Cc1ccc(C=O)cc1. The Morgan fingerprint density at radius 1 is 0.591 bits per heavy atom. The summed E-state index contributed by atoms with van der Waals surface area (Å²) in [6.45, 7) is 0. The van der Waals surface area contributed by atoms with E-state index in [0.29, 0.717) is 11.1 Å². The Hall–Kier alpha value is -2.50. The van der Waals surface area contributed by atoms with Crippen molar-refractivity contribution >= 4 is 12.6 Å². The van der Waals surface area contributed by atoms with Gasteiger partial charge in [0.05, 0.1) is 0 Å². The molecule has 0 aliphatic heterocycles. The van der Waals surface area contributed by atoms with E-state index in [-0.39, 0.29) is 11.1 Å². The number of hydrogen-bond acceptors (Lipinski definition) is 2. The van der Waals surface area contributed by atoms with Crippen molar-refractivity contribution in [3.05, 3.63) is 70.8 Å². The quantitative estimate of drug-likeness (QED) is 0.596. The normalized spacial score (nSPS) is 10.1. The Kier molecular flexibility index (Phi) is 6.95. The van der Waals surface area contributed by atoms with E-state index in [9.17, 15) is 27.2 Å². The summed E-state index contributed by atoms with van der Waals surface area (Å²) in [5.74, 6) is 0. The molecule has 0 spiro atoms. The average Bonchev–Trinajstić information content (AvgIpc) is 2.55. The van der Waals surface area contributed by atoms with E-state index in [4.69, 9.17) is 0 Å². The molecule has 2 rings (SSSR count). The van der Waals surface area contributed by atoms with E-state index < -0.39 is 12.9 Å². The maximum atomic E-state index is 11.9. The van der Waals surface area contributed by atoms with Gasteiger partial charge in [-0.1, -0.05) is 48.5 Å². The van der Waals surface area contributed by atoms with E-state index in [2.05, 4.69) is 0 Å². The molecule has 0 atom stereocenters. The molecule has 22 heavy (non-hydrogen) atoms. The van der Waals surface area contributed by atoms with Gasteiger partial charge in [-0.3, -0.25) is 9.59 Å². The molecule has 0 aliphatic rings. The molecule has 0 aromatic heterocycles. The predicted octanol–water partition coefficient (Wildman–Crippen LogP) is 4.87. The van der Waals surface area contributed by atoms with E-state index in [1.807, 2.05) is 0 Å². The van der Waals surface area contributed by atoms with Crippen LogP contribution in [-0.4, -0.2) is 12.6 Å². The first kappa shape index (κ1) is 17.6. The van der Waals surface area contributed by atoms with Gasteiger partial charge in [0.25, 0.3) is 12.9 Å². The summed E-state index contributed by atoms with van der Waals surface area (Å²) in [6.07, 6.45) is -3.71. The highest BCUT2D eigenvalue weighted by molar-refractivity contribution is 5.79. The molecule has 116 valence electrons. The monoisotopic (exact) mass is 312 g/mol. The van der Waals surface area contributed by atoms with Crippen LogP contribution in [0.2, 0.25) is 0 Å². The van der Waals surface area contributed by atoms with Crippen LogP contribution >= 0.6 is 0 Å². The molecule has 0 unspecified atom stereocenters. The highest BCUT2D eigenvalue weighted by Gasteiger charge is 2.09. The van der Waals surface area contributed by atoms with Crippen molar-refractivity contribution in [2.75, 3.05) is 0 Å². The van der Waals surface area contributed by atoms with Gasteiger partial charge in [-0.15, -0.1) is 0 Å². The van der Waals surface area contributed by atoms with Gasteiger partial charge in [-0.2, -0.15) is 0 Å². The second-order valence-electron chi connectivity index (χ2n) is 4.17. The number of aldehydes is 2. The van der Waals surface area contributed by atoms with Crippen LogP contribution in [0.15, 0.2) is 48.5 Å². The van der Waals surface area contributed by atoms with Gasteiger partial charge < -0.3 is 0 Å². The first-order valence-electron chi connectivity index (χ1n) is 6.14. The molecule has 0 aliphatic carbocycles. The number of carbonyl (C=O) groups excluding carboxylic acids is 2. The number of hydrogen-bond donors (Lipinski definition) is 0. The molecule has 0 saturated heterocycles. The largest absolute Gasteiger partial charge is 0.298 e. The molecule has 0 heterocycles. The van der Waals surface area contributed by atoms with Gasteiger partial charge in [0.2, 0.25) is 0 Å². The highest BCUT2D eigenvalue weighted by Crippen LogP contribution is 2.23. The highest BCUT2D eigenvalue weighted by atomic mass is 19.3. The van der Waals surface area contributed by atoms with E-state index in [1.165, 1.54) is 0 Å². The van der Waals surface area contributed by atoms with Crippen molar-refractivity contribution in [3.8, 4) is 0 Å². The topological polar surface area (TPSA) is 34.1 Å². The van der Waals surface area contributed by atoms with Crippen molar-refractivity contribution in [2.45, 2.75) is 12.9 Å². The number of carbonyl (C=O) groups is 2. The van der Waals surface area contributed by atoms with E-state index >= 15 is 0 Å². The summed E-state index contributed by atoms with van der Waals surface area (Å²) in [5, 5.41) is 0. The number of benzene rings is 2. The molecule has 0 saturated carbocycles. The Bertz CT molecular complexity index is 539. The number of halogens is 4. The van der Waals surface area contributed by atoms with Crippen LogP contribution in [0.5, 0.6) is 0 Å². The predicted molar refractivity (Wildman–Crippen MR) is 73.6 cm³/mol. The maximum Gasteiger partial charge on any atom is 0.263 e. The summed E-state index contributed by atoms with van der Waals surface area (Å²) < 4.78 is 47.6. The zero-order valence-electron chi connectivity index (χ0n) is 11.3. The molecular weight excluding hydrogens is 300 g/mol. The lowest BCUT2D eigenvalue weighted by molar-refractivity contribution is 0.111. The lowest BCUT2D eigenvalue weighted by atomic mass is 10.1. The molecule has 6 heteroatoms. The molecule has 0 N–H and O–H groups in total. The molecule has 0 bridgehead atoms. The molecule has 2 aromatic rings. The van der Waals surface area contributed by atoms with Crippen LogP contribution < -0.4 is 0 Å². The average molecular weight is 312 g/mol. The lowest BCUT2D eigenvalue weighted by Crippen LogP contribution is -1.87. The van der Waals surface area contributed by atoms with Gasteiger partial charge in [0.1, 0.15) is 12.6 Å². The fourth-order valence-electron chi connectivity index (χ4n) is 1.44. The standard InChI is InChI=1S/C8H6F4.C8H6O2/c9-7(10)5-1-2-6(4-3-5)8(11)12;9-5-7-1-2-8(6-10)4-3-7/h1-4,7-8H;1-6H. The molecule has 2 aromatic carbocycles. The maximum absolute atomic E-state index is 11.9. The van der Waals surface area contributed by atoms with Gasteiger partial charge in [0.15, 0.2) is 0 Å². The van der Waals surface area contributed by atoms with E-state index in [0.717, 1.165) is 36.8 Å². The van der Waals surface area contributed by atoms with Crippen LogP contribution in [0.3, 0.4) is 0 Å². The molecule has 0 radical (unpaired) electrons. The van der Waals surface area contributed by atoms with Crippen molar-refractivity contribution in [2.24, 2.45) is 0 Å². The molecular formula is C16H12F4O2. The van der Waals surface area contributed by atoms with Gasteiger partial charge in [-0.05, 0) is 0 Å². The fraction of sp³-hybridized carbons (Fsp3) is 0.125. The fourth-order valence-corrected chi connectivity index (χ4v) is 1.44.